The number of benzene rings is 2. The Balaban J connectivity index is 1.45. The van der Waals surface area contributed by atoms with Crippen molar-refractivity contribution in [3.63, 3.8) is 0 Å². The fourth-order valence-corrected chi connectivity index (χ4v) is 5.84. The molecular weight excluding hydrogens is 502 g/mol. The van der Waals surface area contributed by atoms with Crippen molar-refractivity contribution in [3.8, 4) is 0 Å². The van der Waals surface area contributed by atoms with Gasteiger partial charge in [-0.25, -0.2) is 17.4 Å². The largest absolute Gasteiger partial charge is 0.361 e. The summed E-state index contributed by atoms with van der Waals surface area (Å²) in [5.41, 5.74) is 3.97. The lowest BCUT2D eigenvalue weighted by molar-refractivity contribution is 0.467. The summed E-state index contributed by atoms with van der Waals surface area (Å²) in [6.45, 7) is 5.85. The Hall–Kier alpha value is -4.32. The number of nitrogens with one attached hydrogen (secondary N) is 2. The summed E-state index contributed by atoms with van der Waals surface area (Å²) in [4.78, 5) is 15.4. The van der Waals surface area contributed by atoms with Gasteiger partial charge in [0.15, 0.2) is 22.8 Å². The number of hydrogen-bond acceptors (Lipinski definition) is 9. The van der Waals surface area contributed by atoms with Crippen LogP contribution in [-0.4, -0.2) is 42.3 Å². The average molecular weight is 530 g/mol. The number of imidazole rings is 1. The monoisotopic (exact) mass is 529 g/mol. The lowest BCUT2D eigenvalue weighted by Gasteiger charge is -2.16. The van der Waals surface area contributed by atoms with Crippen molar-refractivity contribution in [1.82, 2.24) is 33.9 Å². The molecule has 3 heterocycles. The SMILES string of the molecule is Cc1ccc(S(=O)(=O)n2cnc3c(N[C@H]4CCc5ccccc54)nc(Nc4cnn(C(C)C)n4)nc32)cc1. The highest BCUT2D eigenvalue weighted by atomic mass is 32.2. The van der Waals surface area contributed by atoms with Crippen LogP contribution in [0.4, 0.5) is 17.6 Å². The Morgan fingerprint density at radius 1 is 1.05 bits per heavy atom. The molecule has 1 aliphatic carbocycles. The van der Waals surface area contributed by atoms with Crippen LogP contribution in [0.15, 0.2) is 66.0 Å². The zero-order valence-corrected chi connectivity index (χ0v) is 22.0. The first-order valence-electron chi connectivity index (χ1n) is 12.4. The van der Waals surface area contributed by atoms with Gasteiger partial charge in [-0.3, -0.25) is 0 Å². The molecule has 11 nitrogen and oxygen atoms in total. The summed E-state index contributed by atoms with van der Waals surface area (Å²) in [5, 5.41) is 15.3. The van der Waals surface area contributed by atoms with Gasteiger partial charge in [0.2, 0.25) is 5.95 Å². The van der Waals surface area contributed by atoms with Crippen molar-refractivity contribution in [2.75, 3.05) is 10.6 Å². The minimum atomic E-state index is -3.95. The molecule has 6 rings (SSSR count). The van der Waals surface area contributed by atoms with E-state index in [1.165, 1.54) is 17.5 Å². The van der Waals surface area contributed by atoms with Gasteiger partial charge < -0.3 is 10.6 Å². The van der Waals surface area contributed by atoms with Crippen LogP contribution in [0.1, 0.15) is 49.0 Å². The highest BCUT2D eigenvalue weighted by Gasteiger charge is 2.27. The molecule has 2 N–H and O–H groups in total. The molecule has 3 aromatic heterocycles. The predicted octanol–water partition coefficient (Wildman–Crippen LogP) is 4.39. The molecule has 0 bridgehead atoms. The Bertz CT molecular complexity index is 1740. The normalized spacial score (nSPS) is 15.2. The maximum absolute atomic E-state index is 13.6. The summed E-state index contributed by atoms with van der Waals surface area (Å²) < 4.78 is 28.3. The molecule has 0 spiro atoms. The van der Waals surface area contributed by atoms with E-state index >= 15 is 0 Å². The number of fused-ring (bicyclic) bond motifs is 2. The topological polar surface area (TPSA) is 133 Å². The van der Waals surface area contributed by atoms with Gasteiger partial charge in [0, 0.05) is 0 Å². The third kappa shape index (κ3) is 4.26. The summed E-state index contributed by atoms with van der Waals surface area (Å²) in [7, 11) is -3.95. The minimum Gasteiger partial charge on any atom is -0.361 e. The summed E-state index contributed by atoms with van der Waals surface area (Å²) in [6.07, 6.45) is 4.69. The zero-order valence-electron chi connectivity index (χ0n) is 21.2. The molecule has 38 heavy (non-hydrogen) atoms. The Labute approximate surface area is 220 Å². The second-order valence-electron chi connectivity index (χ2n) is 9.63. The number of aromatic nitrogens is 7. The Morgan fingerprint density at radius 2 is 1.84 bits per heavy atom. The molecule has 1 atom stereocenters. The van der Waals surface area contributed by atoms with E-state index in [0.717, 1.165) is 22.4 Å². The van der Waals surface area contributed by atoms with Crippen LogP contribution in [0.25, 0.3) is 11.2 Å². The lowest BCUT2D eigenvalue weighted by atomic mass is 10.1. The van der Waals surface area contributed by atoms with Crippen LogP contribution in [0.3, 0.4) is 0 Å². The summed E-state index contributed by atoms with van der Waals surface area (Å²) >= 11 is 0. The predicted molar refractivity (Wildman–Crippen MR) is 144 cm³/mol. The van der Waals surface area contributed by atoms with Gasteiger partial charge in [-0.2, -0.15) is 19.9 Å². The fourth-order valence-electron chi connectivity index (χ4n) is 4.61. The van der Waals surface area contributed by atoms with E-state index in [9.17, 15) is 8.42 Å². The van der Waals surface area contributed by atoms with Gasteiger partial charge in [0.25, 0.3) is 10.0 Å². The molecule has 0 aliphatic heterocycles. The number of nitrogens with zero attached hydrogens (tertiary/aromatic N) is 7. The molecule has 0 amide bonds. The molecule has 0 saturated heterocycles. The Kier molecular flexibility index (Phi) is 5.83. The Morgan fingerprint density at radius 3 is 2.61 bits per heavy atom. The first-order chi connectivity index (χ1) is 18.3. The fraction of sp³-hybridized carbons (Fsp3) is 0.269. The van der Waals surface area contributed by atoms with Gasteiger partial charge in [-0.15, -0.1) is 5.10 Å². The van der Waals surface area contributed by atoms with Crippen LogP contribution >= 0.6 is 0 Å². The molecule has 0 fully saturated rings. The van der Waals surface area contributed by atoms with Gasteiger partial charge in [-0.1, -0.05) is 42.0 Å². The molecule has 0 saturated carbocycles. The van der Waals surface area contributed by atoms with Crippen molar-refractivity contribution < 1.29 is 8.42 Å². The van der Waals surface area contributed by atoms with E-state index in [-0.39, 0.29) is 28.6 Å². The van der Waals surface area contributed by atoms with Crippen LogP contribution in [0.5, 0.6) is 0 Å². The van der Waals surface area contributed by atoms with Gasteiger partial charge in [0.1, 0.15) is 6.33 Å². The summed E-state index contributed by atoms with van der Waals surface area (Å²) in [5.74, 6) is 1.07. The highest BCUT2D eigenvalue weighted by Crippen LogP contribution is 2.35. The third-order valence-corrected chi connectivity index (χ3v) is 8.25. The minimum absolute atomic E-state index is 0.0119. The molecule has 2 aromatic carbocycles. The standard InChI is InChI=1S/C26H27N9O2S/c1-16(2)35-28-14-22(33-35)30-26-31-24(29-21-13-10-18-6-4-5-7-20(18)21)23-25(32-26)34(15-27-23)38(36,37)19-11-8-17(3)9-12-19/h4-9,11-12,14-16,21H,10,13H2,1-3H3,(H2,29,30,31,32,33)/t21-/m0/s1. The van der Waals surface area contributed by atoms with E-state index in [1.54, 1.807) is 35.3 Å². The maximum atomic E-state index is 13.6. The number of hydrogen-bond donors (Lipinski definition) is 2. The first-order valence-corrected chi connectivity index (χ1v) is 13.8. The van der Waals surface area contributed by atoms with Gasteiger partial charge in [0.05, 0.1) is 23.2 Å². The van der Waals surface area contributed by atoms with Crippen LogP contribution in [0.2, 0.25) is 0 Å². The molecule has 12 heteroatoms. The maximum Gasteiger partial charge on any atom is 0.270 e. The molecule has 0 unspecified atom stereocenters. The van der Waals surface area contributed by atoms with Gasteiger partial charge in [-0.05, 0) is 56.9 Å². The van der Waals surface area contributed by atoms with Crippen LogP contribution in [-0.2, 0) is 16.4 Å². The van der Waals surface area contributed by atoms with E-state index < -0.39 is 10.0 Å². The number of rotatable bonds is 7. The second-order valence-corrected chi connectivity index (χ2v) is 11.4. The smallest absolute Gasteiger partial charge is 0.270 e. The van der Waals surface area contributed by atoms with Gasteiger partial charge >= 0.3 is 0 Å². The van der Waals surface area contributed by atoms with Crippen molar-refractivity contribution in [2.45, 2.75) is 50.6 Å². The average Bonchev–Trinajstić information content (AvgIpc) is 3.64. The van der Waals surface area contributed by atoms with E-state index in [2.05, 4.69) is 47.9 Å². The van der Waals surface area contributed by atoms with Crippen LogP contribution < -0.4 is 10.6 Å². The molecule has 0 radical (unpaired) electrons. The highest BCUT2D eigenvalue weighted by molar-refractivity contribution is 7.90. The lowest BCUT2D eigenvalue weighted by Crippen LogP contribution is -2.14. The van der Waals surface area contributed by atoms with Crippen LogP contribution in [0, 0.1) is 6.92 Å². The van der Waals surface area contributed by atoms with Crippen molar-refractivity contribution in [3.05, 3.63) is 77.7 Å². The molecule has 1 aliphatic rings. The quantitative estimate of drug-likeness (QED) is 0.315. The van der Waals surface area contributed by atoms with Crippen molar-refractivity contribution in [2.24, 2.45) is 0 Å². The van der Waals surface area contributed by atoms with Crippen molar-refractivity contribution in [1.29, 1.82) is 0 Å². The van der Waals surface area contributed by atoms with E-state index in [1.807, 2.05) is 32.9 Å². The molecular formula is C26H27N9O2S. The summed E-state index contributed by atoms with van der Waals surface area (Å²) in [6, 6.07) is 15.0. The van der Waals surface area contributed by atoms with E-state index in [0.29, 0.717) is 17.2 Å². The van der Waals surface area contributed by atoms with Crippen molar-refractivity contribution >= 4 is 38.8 Å². The number of anilines is 3. The molecule has 194 valence electrons. The first kappa shape index (κ1) is 24.0. The zero-order chi connectivity index (χ0) is 26.4. The third-order valence-electron chi connectivity index (χ3n) is 6.60. The van der Waals surface area contributed by atoms with E-state index in [4.69, 9.17) is 0 Å². The number of aryl methyl sites for hydroxylation is 2. The second kappa shape index (κ2) is 9.21. The molecule has 5 aromatic rings.